The van der Waals surface area contributed by atoms with Crippen LogP contribution >= 0.6 is 11.8 Å². The number of ketones is 2. The Morgan fingerprint density at radius 3 is 2.03 bits per heavy atom. The molecular formula is C18H13CuN3O6S-2. The number of carboxylic acids is 2. The van der Waals surface area contributed by atoms with E-state index >= 15 is 0 Å². The van der Waals surface area contributed by atoms with Crippen LogP contribution < -0.4 is 21.1 Å². The maximum absolute atomic E-state index is 12.0. The fourth-order valence-corrected chi connectivity index (χ4v) is 2.41. The number of amidine groups is 1. The zero-order chi connectivity index (χ0) is 20.7. The number of hydrazine groups is 1. The van der Waals surface area contributed by atoms with Crippen LogP contribution in [-0.2, 0) is 36.2 Å². The zero-order valence-corrected chi connectivity index (χ0v) is 16.5. The second kappa shape index (κ2) is 11.0. The van der Waals surface area contributed by atoms with Gasteiger partial charge in [-0.2, -0.15) is 0 Å². The normalized spacial score (nSPS) is 18.9. The quantitative estimate of drug-likeness (QED) is 0.120. The first kappa shape index (κ1) is 23.9. The van der Waals surface area contributed by atoms with Crippen LogP contribution in [-0.4, -0.2) is 34.9 Å². The molecule has 0 saturated heterocycles. The van der Waals surface area contributed by atoms with Crippen molar-refractivity contribution in [3.63, 3.8) is 0 Å². The SMILES string of the molecule is CSC(=NC=C1C=CC=C(C(=O)[O-])C1=O)NNC=C1C=CC=C(C(=O)[O-])C1=O.[Cu]. The number of carbonyl (C=O) groups excluding carboxylic acids is 4. The van der Waals surface area contributed by atoms with E-state index in [9.17, 15) is 29.4 Å². The minimum atomic E-state index is -1.57. The standard InChI is InChI=1S/C18H15N3O6S.Cu/c1-28-18(19-8-10-4-2-6-12(14(10)22)16(24)25)21-20-9-11-5-3-7-13(15(11)23)17(26)27;/h2-9,20H,1H3,(H,19,21)(H,24,25)(H,26,27);/p-2. The molecule has 0 aromatic heterocycles. The predicted molar refractivity (Wildman–Crippen MR) is 97.9 cm³/mol. The van der Waals surface area contributed by atoms with Gasteiger partial charge in [0.2, 0.25) is 0 Å². The Bertz CT molecular complexity index is 957. The number of hydrogen-bond donors (Lipinski definition) is 2. The first-order chi connectivity index (χ1) is 13.3. The van der Waals surface area contributed by atoms with Gasteiger partial charge in [0.15, 0.2) is 16.7 Å². The van der Waals surface area contributed by atoms with Crippen molar-refractivity contribution < 1.29 is 46.5 Å². The predicted octanol–water partition coefficient (Wildman–Crippen LogP) is -1.80. The summed E-state index contributed by atoms with van der Waals surface area (Å²) >= 11 is 1.17. The maximum atomic E-state index is 12.0. The van der Waals surface area contributed by atoms with Crippen molar-refractivity contribution in [1.29, 1.82) is 0 Å². The average molecular weight is 463 g/mol. The molecule has 0 atom stereocenters. The Kier molecular flexibility index (Phi) is 9.07. The summed E-state index contributed by atoms with van der Waals surface area (Å²) in [5.74, 6) is -4.57. The van der Waals surface area contributed by atoms with E-state index in [0.717, 1.165) is 12.2 Å². The van der Waals surface area contributed by atoms with Crippen LogP contribution in [0.5, 0.6) is 0 Å². The van der Waals surface area contributed by atoms with Gasteiger partial charge in [0.25, 0.3) is 0 Å². The van der Waals surface area contributed by atoms with Gasteiger partial charge in [-0.15, -0.1) is 0 Å². The van der Waals surface area contributed by atoms with Crippen molar-refractivity contribution in [2.45, 2.75) is 0 Å². The van der Waals surface area contributed by atoms with Crippen molar-refractivity contribution in [3.05, 3.63) is 71.1 Å². The third-order valence-electron chi connectivity index (χ3n) is 3.45. The van der Waals surface area contributed by atoms with Gasteiger partial charge < -0.3 is 25.2 Å². The molecule has 1 radical (unpaired) electrons. The number of carbonyl (C=O) groups is 4. The molecule has 29 heavy (non-hydrogen) atoms. The van der Waals surface area contributed by atoms with E-state index < -0.39 is 34.7 Å². The van der Waals surface area contributed by atoms with Crippen molar-refractivity contribution in [2.75, 3.05) is 6.26 Å². The molecule has 0 heterocycles. The second-order valence-electron chi connectivity index (χ2n) is 5.20. The Labute approximate surface area is 180 Å². The molecule has 11 heteroatoms. The topological polar surface area (TPSA) is 151 Å². The number of carboxylic acid groups (broad SMARTS) is 2. The first-order valence-electron chi connectivity index (χ1n) is 7.67. The number of rotatable bonds is 5. The summed E-state index contributed by atoms with van der Waals surface area (Å²) in [4.78, 5) is 49.7. The van der Waals surface area contributed by atoms with E-state index in [1.807, 2.05) is 0 Å². The third kappa shape index (κ3) is 6.18. The number of thioether (sulfide) groups is 1. The number of aliphatic imine (C=N–C) groups is 1. The molecule has 0 saturated carbocycles. The summed E-state index contributed by atoms with van der Waals surface area (Å²) < 4.78 is 0. The molecule has 2 aliphatic rings. The van der Waals surface area contributed by atoms with Crippen molar-refractivity contribution >= 4 is 40.4 Å². The number of allylic oxidation sites excluding steroid dienone is 8. The molecule has 0 aliphatic heterocycles. The van der Waals surface area contributed by atoms with E-state index in [4.69, 9.17) is 0 Å². The van der Waals surface area contributed by atoms with Crippen LogP contribution in [0.1, 0.15) is 0 Å². The Balaban J connectivity index is 0.00000420. The van der Waals surface area contributed by atoms with Gasteiger partial charge in [-0.1, -0.05) is 23.9 Å². The van der Waals surface area contributed by atoms with Crippen LogP contribution in [0.15, 0.2) is 76.1 Å². The minimum absolute atomic E-state index is 0. The largest absolute Gasteiger partial charge is 0.545 e. The molecule has 2 N–H and O–H groups in total. The second-order valence-corrected chi connectivity index (χ2v) is 6.00. The Morgan fingerprint density at radius 1 is 1.00 bits per heavy atom. The molecule has 0 aromatic rings. The van der Waals surface area contributed by atoms with E-state index in [1.54, 1.807) is 6.26 Å². The molecule has 0 fully saturated rings. The molecule has 2 rings (SSSR count). The first-order valence-corrected chi connectivity index (χ1v) is 8.90. The number of hydrogen-bond acceptors (Lipinski definition) is 9. The monoisotopic (exact) mass is 462 g/mol. The molecule has 0 amide bonds. The molecular weight excluding hydrogens is 450 g/mol. The summed E-state index contributed by atoms with van der Waals surface area (Å²) in [7, 11) is 0. The number of nitrogens with one attached hydrogen (secondary N) is 2. The zero-order valence-electron chi connectivity index (χ0n) is 14.7. The van der Waals surface area contributed by atoms with Gasteiger partial charge in [0.1, 0.15) is 0 Å². The van der Waals surface area contributed by atoms with E-state index in [-0.39, 0.29) is 33.4 Å². The van der Waals surface area contributed by atoms with Gasteiger partial charge in [0.05, 0.1) is 11.9 Å². The molecule has 9 nitrogen and oxygen atoms in total. The maximum Gasteiger partial charge on any atom is 0.196 e. The van der Waals surface area contributed by atoms with E-state index in [0.29, 0.717) is 0 Å². The van der Waals surface area contributed by atoms with Crippen LogP contribution in [0.3, 0.4) is 0 Å². The summed E-state index contributed by atoms with van der Waals surface area (Å²) in [5.41, 5.74) is 4.48. The fraction of sp³-hybridized carbons (Fsp3) is 0.0556. The van der Waals surface area contributed by atoms with Gasteiger partial charge in [-0.05, 0) is 30.6 Å². The Morgan fingerprint density at radius 2 is 1.52 bits per heavy atom. The average Bonchev–Trinajstić information content (AvgIpc) is 2.66. The fourth-order valence-electron chi connectivity index (χ4n) is 2.09. The van der Waals surface area contributed by atoms with Gasteiger partial charge in [-0.3, -0.25) is 15.0 Å². The van der Waals surface area contributed by atoms with Crippen LogP contribution in [0.4, 0.5) is 0 Å². The molecule has 155 valence electrons. The van der Waals surface area contributed by atoms with Crippen molar-refractivity contribution in [1.82, 2.24) is 10.9 Å². The summed E-state index contributed by atoms with van der Waals surface area (Å²) in [6, 6.07) is 0. The Hall–Kier alpha value is -3.14. The van der Waals surface area contributed by atoms with Crippen molar-refractivity contribution in [3.8, 4) is 0 Å². The summed E-state index contributed by atoms with van der Waals surface area (Å²) in [5, 5.41) is 22.0. The molecule has 0 aromatic carbocycles. The smallest absolute Gasteiger partial charge is 0.196 e. The number of aliphatic carboxylic acids is 2. The molecule has 0 bridgehead atoms. The van der Waals surface area contributed by atoms with Gasteiger partial charge in [-0.25, -0.2) is 4.99 Å². The summed E-state index contributed by atoms with van der Waals surface area (Å²) in [6.07, 6.45) is 12.0. The van der Waals surface area contributed by atoms with E-state index in [2.05, 4.69) is 15.8 Å². The third-order valence-corrected chi connectivity index (χ3v) is 4.05. The number of nitrogens with zero attached hydrogens (tertiary/aromatic N) is 1. The molecule has 0 unspecified atom stereocenters. The van der Waals surface area contributed by atoms with Crippen LogP contribution in [0, 0.1) is 0 Å². The molecule has 0 spiro atoms. The number of Topliss-reactive ketones (excluding diaryl/α,β-unsaturated/α-hetero) is 2. The van der Waals surface area contributed by atoms with Crippen LogP contribution in [0.25, 0.3) is 0 Å². The molecule has 2 aliphatic carbocycles. The van der Waals surface area contributed by atoms with Gasteiger partial charge >= 0.3 is 0 Å². The van der Waals surface area contributed by atoms with E-state index in [1.165, 1.54) is 48.5 Å². The van der Waals surface area contributed by atoms with Gasteiger partial charge in [0, 0.05) is 51.8 Å². The van der Waals surface area contributed by atoms with Crippen molar-refractivity contribution in [2.24, 2.45) is 4.99 Å². The van der Waals surface area contributed by atoms with Crippen LogP contribution in [0.2, 0.25) is 0 Å². The minimum Gasteiger partial charge on any atom is -0.545 e. The summed E-state index contributed by atoms with van der Waals surface area (Å²) in [6.45, 7) is 0.